The van der Waals surface area contributed by atoms with Crippen molar-refractivity contribution in [2.45, 2.75) is 55.6 Å². The summed E-state index contributed by atoms with van der Waals surface area (Å²) in [5.41, 5.74) is 1.43. The zero-order valence-corrected chi connectivity index (χ0v) is 29.1. The van der Waals surface area contributed by atoms with Crippen LogP contribution in [0.4, 0.5) is 5.69 Å². The van der Waals surface area contributed by atoms with Gasteiger partial charge in [0.2, 0.25) is 11.8 Å². The lowest BCUT2D eigenvalue weighted by atomic mass is 10.0. The Kier molecular flexibility index (Phi) is 11.7. The second kappa shape index (κ2) is 15.8. The van der Waals surface area contributed by atoms with Gasteiger partial charge in [-0.05, 0) is 66.4 Å². The fourth-order valence-electron chi connectivity index (χ4n) is 5.67. The van der Waals surface area contributed by atoms with Crippen molar-refractivity contribution in [2.75, 3.05) is 10.8 Å². The van der Waals surface area contributed by atoms with Crippen LogP contribution in [0.15, 0.2) is 102 Å². The number of amides is 2. The van der Waals surface area contributed by atoms with Crippen molar-refractivity contribution in [3.8, 4) is 0 Å². The van der Waals surface area contributed by atoms with E-state index in [1.165, 1.54) is 35.2 Å². The average Bonchev–Trinajstić information content (AvgIpc) is 3.56. The molecule has 1 N–H and O–H groups in total. The van der Waals surface area contributed by atoms with Crippen molar-refractivity contribution in [3.63, 3.8) is 0 Å². The van der Waals surface area contributed by atoms with Gasteiger partial charge < -0.3 is 10.2 Å². The zero-order chi connectivity index (χ0) is 33.6. The van der Waals surface area contributed by atoms with Crippen LogP contribution in [0.1, 0.15) is 36.8 Å². The lowest BCUT2D eigenvalue weighted by Crippen LogP contribution is -2.54. The quantitative estimate of drug-likeness (QED) is 0.159. The largest absolute Gasteiger partial charge is 0.352 e. The summed E-state index contributed by atoms with van der Waals surface area (Å²) in [4.78, 5) is 30.1. The van der Waals surface area contributed by atoms with Gasteiger partial charge in [0.05, 0.1) is 15.6 Å². The number of benzene rings is 4. The molecule has 0 spiro atoms. The summed E-state index contributed by atoms with van der Waals surface area (Å²) >= 11 is 25.5. The highest BCUT2D eigenvalue weighted by atomic mass is 35.5. The van der Waals surface area contributed by atoms with Gasteiger partial charge in [-0.1, -0.05) is 114 Å². The van der Waals surface area contributed by atoms with E-state index in [2.05, 4.69) is 5.32 Å². The third-order valence-corrected chi connectivity index (χ3v) is 11.0. The van der Waals surface area contributed by atoms with E-state index in [-0.39, 0.29) is 40.5 Å². The Morgan fingerprint density at radius 2 is 1.38 bits per heavy atom. The maximum Gasteiger partial charge on any atom is 0.264 e. The van der Waals surface area contributed by atoms with E-state index in [9.17, 15) is 18.0 Å². The zero-order valence-electron chi connectivity index (χ0n) is 25.3. The minimum absolute atomic E-state index is 0.0142. The van der Waals surface area contributed by atoms with E-state index in [1.807, 2.05) is 30.3 Å². The van der Waals surface area contributed by atoms with Gasteiger partial charge in [0, 0.05) is 34.1 Å². The number of nitrogens with one attached hydrogen (secondary N) is 1. The smallest absolute Gasteiger partial charge is 0.264 e. The molecular weight excluding hydrogens is 700 g/mol. The summed E-state index contributed by atoms with van der Waals surface area (Å²) in [6.45, 7) is -0.746. The minimum atomic E-state index is -4.31. The third kappa shape index (κ3) is 8.80. The summed E-state index contributed by atoms with van der Waals surface area (Å²) in [5.74, 6) is -0.967. The molecule has 12 heteroatoms. The molecule has 4 aromatic carbocycles. The van der Waals surface area contributed by atoms with Crippen LogP contribution in [0, 0.1) is 0 Å². The monoisotopic (exact) mass is 731 g/mol. The van der Waals surface area contributed by atoms with Gasteiger partial charge in [-0.3, -0.25) is 13.9 Å². The minimum Gasteiger partial charge on any atom is -0.352 e. The van der Waals surface area contributed by atoms with Crippen molar-refractivity contribution in [1.29, 1.82) is 0 Å². The molecule has 0 aliphatic heterocycles. The van der Waals surface area contributed by atoms with E-state index >= 15 is 0 Å². The van der Waals surface area contributed by atoms with E-state index < -0.39 is 28.5 Å². The molecule has 2 amide bonds. The number of hydrogen-bond donors (Lipinski definition) is 1. The molecule has 47 heavy (non-hydrogen) atoms. The first-order valence-corrected chi connectivity index (χ1v) is 18.1. The van der Waals surface area contributed by atoms with Crippen LogP contribution in [0.2, 0.25) is 20.1 Å². The molecule has 246 valence electrons. The van der Waals surface area contributed by atoms with Gasteiger partial charge in [0.1, 0.15) is 12.6 Å². The Balaban J connectivity index is 1.60. The molecule has 4 aromatic rings. The number of carbonyl (C=O) groups is 2. The topological polar surface area (TPSA) is 86.8 Å². The Morgan fingerprint density at radius 3 is 2.00 bits per heavy atom. The van der Waals surface area contributed by atoms with Crippen LogP contribution < -0.4 is 9.62 Å². The van der Waals surface area contributed by atoms with E-state index in [0.29, 0.717) is 20.6 Å². The molecule has 1 aliphatic carbocycles. The summed E-state index contributed by atoms with van der Waals surface area (Å²) in [5, 5.41) is 4.20. The molecule has 1 fully saturated rings. The first kappa shape index (κ1) is 35.0. The second-order valence-corrected chi connectivity index (χ2v) is 14.9. The molecule has 5 rings (SSSR count). The number of sulfonamides is 1. The van der Waals surface area contributed by atoms with Crippen LogP contribution in [0.5, 0.6) is 0 Å². The van der Waals surface area contributed by atoms with E-state index in [0.717, 1.165) is 35.6 Å². The van der Waals surface area contributed by atoms with Gasteiger partial charge in [0.25, 0.3) is 10.0 Å². The Bertz CT molecular complexity index is 1820. The Labute approximate surface area is 295 Å². The van der Waals surface area contributed by atoms with E-state index in [1.54, 1.807) is 36.4 Å². The number of carbonyl (C=O) groups excluding carboxylic acids is 2. The van der Waals surface area contributed by atoms with Crippen LogP contribution in [0.25, 0.3) is 0 Å². The van der Waals surface area contributed by atoms with E-state index in [4.69, 9.17) is 46.4 Å². The number of rotatable bonds is 12. The molecule has 0 radical (unpaired) electrons. The van der Waals surface area contributed by atoms with Crippen molar-refractivity contribution in [3.05, 3.63) is 128 Å². The summed E-state index contributed by atoms with van der Waals surface area (Å²) < 4.78 is 29.3. The van der Waals surface area contributed by atoms with Crippen molar-refractivity contribution in [2.24, 2.45) is 0 Å². The van der Waals surface area contributed by atoms with Gasteiger partial charge >= 0.3 is 0 Å². The number of anilines is 1. The maximum atomic E-state index is 14.6. The Morgan fingerprint density at radius 1 is 0.787 bits per heavy atom. The SMILES string of the molecule is O=C(NC1CCCC1)C(Cc1ccccc1)N(Cc1ccc(Cl)cc1Cl)C(=O)CN(c1ccc(Cl)cc1Cl)S(=O)(=O)c1ccccc1. The molecule has 0 aromatic heterocycles. The normalized spacial score (nSPS) is 14.0. The van der Waals surface area contributed by atoms with Crippen molar-refractivity contribution < 1.29 is 18.0 Å². The lowest BCUT2D eigenvalue weighted by Gasteiger charge is -2.34. The lowest BCUT2D eigenvalue weighted by molar-refractivity contribution is -0.140. The fourth-order valence-corrected chi connectivity index (χ4v) is 8.15. The van der Waals surface area contributed by atoms with Gasteiger partial charge in [-0.15, -0.1) is 0 Å². The number of hydrogen-bond acceptors (Lipinski definition) is 4. The standard InChI is InChI=1S/C35H33Cl4N3O4S/c36-26-16-15-25(30(38)20-26)22-41(33(19-24-9-3-1-4-10-24)35(44)40-28-11-7-8-12-28)34(43)23-42(32-18-17-27(37)21-31(32)39)47(45,46)29-13-5-2-6-14-29/h1-6,9-10,13-18,20-21,28,33H,7-8,11-12,19,22-23H2,(H,40,44). The van der Waals surface area contributed by atoms with Gasteiger partial charge in [-0.2, -0.15) is 0 Å². The third-order valence-electron chi connectivity index (χ3n) is 8.12. The first-order chi connectivity index (χ1) is 22.5. The maximum absolute atomic E-state index is 14.6. The first-order valence-electron chi connectivity index (χ1n) is 15.1. The highest BCUT2D eigenvalue weighted by Gasteiger charge is 2.36. The predicted molar refractivity (Wildman–Crippen MR) is 189 cm³/mol. The van der Waals surface area contributed by atoms with Gasteiger partial charge in [0.15, 0.2) is 0 Å². The molecule has 1 aliphatic rings. The molecular formula is C35H33Cl4N3O4S. The molecule has 0 heterocycles. The highest BCUT2D eigenvalue weighted by molar-refractivity contribution is 7.92. The average molecular weight is 734 g/mol. The molecule has 7 nitrogen and oxygen atoms in total. The van der Waals surface area contributed by atoms with Crippen molar-refractivity contribution >= 4 is 73.9 Å². The molecule has 0 bridgehead atoms. The van der Waals surface area contributed by atoms with Gasteiger partial charge in [-0.25, -0.2) is 8.42 Å². The molecule has 1 atom stereocenters. The Hall–Kier alpha value is -3.27. The molecule has 1 unspecified atom stereocenters. The summed E-state index contributed by atoms with van der Waals surface area (Å²) in [7, 11) is -4.31. The van der Waals surface area contributed by atoms with Crippen LogP contribution in [-0.4, -0.2) is 43.8 Å². The summed E-state index contributed by atoms with van der Waals surface area (Å²) in [6, 6.07) is 25.4. The van der Waals surface area contributed by atoms with Crippen LogP contribution in [-0.2, 0) is 32.6 Å². The number of halogens is 4. The fraction of sp³-hybridized carbons (Fsp3) is 0.257. The van der Waals surface area contributed by atoms with Crippen LogP contribution in [0.3, 0.4) is 0 Å². The summed E-state index contributed by atoms with van der Waals surface area (Å²) in [6.07, 6.45) is 3.89. The second-order valence-electron chi connectivity index (χ2n) is 11.4. The molecule has 1 saturated carbocycles. The van der Waals surface area contributed by atoms with Crippen molar-refractivity contribution in [1.82, 2.24) is 10.2 Å². The number of nitrogens with zero attached hydrogens (tertiary/aromatic N) is 2. The molecule has 0 saturated heterocycles. The predicted octanol–water partition coefficient (Wildman–Crippen LogP) is 8.19. The van der Waals surface area contributed by atoms with Crippen LogP contribution >= 0.6 is 46.4 Å². The highest BCUT2D eigenvalue weighted by Crippen LogP contribution is 2.33.